The fourth-order valence-corrected chi connectivity index (χ4v) is 8.14. The third kappa shape index (κ3) is 10.0. The summed E-state index contributed by atoms with van der Waals surface area (Å²) in [5.74, 6) is -0.636. The highest BCUT2D eigenvalue weighted by Gasteiger charge is 2.51. The van der Waals surface area contributed by atoms with Gasteiger partial charge in [0.1, 0.15) is 23.9 Å². The van der Waals surface area contributed by atoms with Crippen molar-refractivity contribution in [2.45, 2.75) is 77.2 Å². The molecule has 3 aliphatic heterocycles. The van der Waals surface area contributed by atoms with E-state index in [0.717, 1.165) is 35.7 Å². The van der Waals surface area contributed by atoms with Crippen molar-refractivity contribution in [3.8, 4) is 11.8 Å². The van der Waals surface area contributed by atoms with Crippen molar-refractivity contribution in [1.82, 2.24) is 15.1 Å². The number of piperazine rings is 1. The van der Waals surface area contributed by atoms with E-state index in [2.05, 4.69) is 32.7 Å². The summed E-state index contributed by atoms with van der Waals surface area (Å²) in [6.45, 7) is 12.8. The number of amides is 4. The smallest absolute Gasteiger partial charge is 0.417 e. The molecule has 320 valence electrons. The van der Waals surface area contributed by atoms with Crippen molar-refractivity contribution < 1.29 is 37.1 Å². The van der Waals surface area contributed by atoms with Crippen LogP contribution in [0.2, 0.25) is 0 Å². The van der Waals surface area contributed by atoms with E-state index >= 15 is 0 Å². The quantitative estimate of drug-likeness (QED) is 0.140. The van der Waals surface area contributed by atoms with Gasteiger partial charge in [-0.1, -0.05) is 19.9 Å². The molecule has 4 amide bonds. The molecular weight excluding hydrogens is 821 g/mol. The van der Waals surface area contributed by atoms with Crippen LogP contribution in [0.4, 0.5) is 35.9 Å². The molecule has 1 unspecified atom stereocenters. The van der Waals surface area contributed by atoms with Crippen molar-refractivity contribution in [2.75, 3.05) is 59.8 Å². The van der Waals surface area contributed by atoms with Crippen LogP contribution >= 0.6 is 24.6 Å². The van der Waals surface area contributed by atoms with Gasteiger partial charge in [0.25, 0.3) is 5.91 Å². The Kier molecular flexibility index (Phi) is 14.2. The van der Waals surface area contributed by atoms with Gasteiger partial charge < -0.3 is 20.3 Å². The van der Waals surface area contributed by atoms with E-state index in [-0.39, 0.29) is 65.9 Å². The average molecular weight is 869 g/mol. The Morgan fingerprint density at radius 2 is 1.77 bits per heavy atom. The molecule has 18 heteroatoms. The van der Waals surface area contributed by atoms with Crippen LogP contribution in [0.3, 0.4) is 0 Å². The summed E-state index contributed by atoms with van der Waals surface area (Å²) >= 11 is 5.74. The summed E-state index contributed by atoms with van der Waals surface area (Å²) in [4.78, 5) is 57.6. The number of nitriles is 1. The molecule has 0 aromatic heterocycles. The van der Waals surface area contributed by atoms with E-state index in [1.807, 2.05) is 26.0 Å². The molecule has 0 radical (unpaired) electrons. The lowest BCUT2D eigenvalue weighted by Gasteiger charge is -2.39. The van der Waals surface area contributed by atoms with Crippen LogP contribution in [0, 0.1) is 11.3 Å². The van der Waals surface area contributed by atoms with Crippen molar-refractivity contribution >= 4 is 76.1 Å². The number of alkyl halides is 3. The maximum atomic E-state index is 13.8. The number of rotatable bonds is 12. The second-order valence-electron chi connectivity index (χ2n) is 15.8. The zero-order valence-corrected chi connectivity index (χ0v) is 35.5. The molecule has 3 fully saturated rings. The fraction of sp³-hybridized carbons (Fsp3) is 0.429. The molecule has 3 heterocycles. The van der Waals surface area contributed by atoms with Gasteiger partial charge in [-0.2, -0.15) is 18.4 Å². The monoisotopic (exact) mass is 868 g/mol. The minimum Gasteiger partial charge on any atom is -0.492 e. The van der Waals surface area contributed by atoms with E-state index in [9.17, 15) is 37.6 Å². The standard InChI is InChI=1S/C42H47F3N8O5S.ClH/c1-25(2)32-20-31(53-40(59)52(39(57)41(53,4)5)30-10-9-27(22-46)33(21-30)42(43,44)45)11-13-35(32)58-18-17-50-15-16-51(26(3)23-50)24-37(55)48-29-8-6-7-28(19-29)47-34-12-14-36(54)49-38(34)56;/h6-11,13,19-21,25-26,34,47H,12,14-18,23-24H2,1-5H3,(H,48,55)(H,49,54,56);1H/t26-,34?;/m1./s1. The Morgan fingerprint density at radius 1 is 1.05 bits per heavy atom. The lowest BCUT2D eigenvalue weighted by Crippen LogP contribution is -2.54. The molecule has 0 spiro atoms. The molecule has 3 saturated heterocycles. The first-order valence-corrected chi connectivity index (χ1v) is 19.8. The third-order valence-electron chi connectivity index (χ3n) is 10.8. The summed E-state index contributed by atoms with van der Waals surface area (Å²) in [5, 5.41) is 17.7. The lowest BCUT2D eigenvalue weighted by molar-refractivity contribution is -0.138. The van der Waals surface area contributed by atoms with Crippen molar-refractivity contribution in [3.05, 3.63) is 77.4 Å². The van der Waals surface area contributed by atoms with Gasteiger partial charge in [-0.25, -0.2) is 0 Å². The molecule has 13 nitrogen and oxygen atoms in total. The zero-order valence-electron chi connectivity index (χ0n) is 33.9. The average Bonchev–Trinajstić information content (AvgIpc) is 3.35. The van der Waals surface area contributed by atoms with Crippen LogP contribution in [0.25, 0.3) is 0 Å². The topological polar surface area (TPSA) is 150 Å². The number of piperidine rings is 1. The summed E-state index contributed by atoms with van der Waals surface area (Å²) in [6.07, 6.45) is -4.14. The van der Waals surface area contributed by atoms with Crippen molar-refractivity contribution in [2.24, 2.45) is 0 Å². The van der Waals surface area contributed by atoms with Crippen LogP contribution in [-0.2, 0) is 25.4 Å². The lowest BCUT2D eigenvalue weighted by atomic mass is 9.98. The highest BCUT2D eigenvalue weighted by molar-refractivity contribution is 7.81. The normalized spacial score (nSPS) is 19.8. The van der Waals surface area contributed by atoms with Crippen LogP contribution in [-0.4, -0.2) is 95.5 Å². The number of benzene rings is 3. The highest BCUT2D eigenvalue weighted by Crippen LogP contribution is 2.41. The predicted octanol–water partition coefficient (Wildman–Crippen LogP) is 6.28. The van der Waals surface area contributed by atoms with Gasteiger partial charge in [-0.05, 0) is 105 Å². The Bertz CT molecular complexity index is 2200. The molecule has 0 aliphatic carbocycles. The van der Waals surface area contributed by atoms with Gasteiger partial charge >= 0.3 is 6.18 Å². The van der Waals surface area contributed by atoms with E-state index in [1.54, 1.807) is 55.1 Å². The second kappa shape index (κ2) is 18.5. The van der Waals surface area contributed by atoms with Gasteiger partial charge in [-0.3, -0.25) is 39.2 Å². The minimum atomic E-state index is -4.80. The van der Waals surface area contributed by atoms with Gasteiger partial charge in [-0.15, -0.1) is 12.4 Å². The third-order valence-corrected chi connectivity index (χ3v) is 11.2. The molecule has 0 saturated carbocycles. The summed E-state index contributed by atoms with van der Waals surface area (Å²) in [5.41, 5.74) is -0.293. The molecule has 2 atom stereocenters. The summed E-state index contributed by atoms with van der Waals surface area (Å²) in [7, 11) is 0. The largest absolute Gasteiger partial charge is 0.492 e. The molecule has 3 N–H and O–H groups in total. The SMILES string of the molecule is CC(C)c1cc(N2C(=S)N(c3ccc(C#N)c(C(F)(F)F)c3)C(=O)C2(C)C)ccc1OCCN1CCN(CC(=O)Nc2cccc(NC3CCC(=O)NC3=O)c2)[C@H](C)C1.Cl. The van der Waals surface area contributed by atoms with Crippen LogP contribution in [0.15, 0.2) is 60.7 Å². The maximum absolute atomic E-state index is 13.8. The Hall–Kier alpha value is -5.28. The predicted molar refractivity (Wildman–Crippen MR) is 228 cm³/mol. The number of nitrogens with one attached hydrogen (secondary N) is 3. The molecule has 3 aliphatic rings. The number of anilines is 4. The Morgan fingerprint density at radius 3 is 2.43 bits per heavy atom. The first-order valence-electron chi connectivity index (χ1n) is 19.4. The van der Waals surface area contributed by atoms with E-state index in [4.69, 9.17) is 17.0 Å². The van der Waals surface area contributed by atoms with Crippen LogP contribution in [0.1, 0.15) is 70.1 Å². The van der Waals surface area contributed by atoms with Crippen LogP contribution in [0.5, 0.6) is 5.75 Å². The van der Waals surface area contributed by atoms with E-state index in [0.29, 0.717) is 48.9 Å². The van der Waals surface area contributed by atoms with Gasteiger partial charge in [0.05, 0.1) is 29.4 Å². The van der Waals surface area contributed by atoms with Crippen molar-refractivity contribution in [1.29, 1.82) is 5.26 Å². The number of ether oxygens (including phenoxy) is 1. The molecule has 3 aromatic carbocycles. The van der Waals surface area contributed by atoms with E-state index < -0.39 is 34.8 Å². The number of hydrogen-bond donors (Lipinski definition) is 3. The minimum absolute atomic E-state index is 0. The van der Waals surface area contributed by atoms with Crippen LogP contribution < -0.4 is 30.5 Å². The van der Waals surface area contributed by atoms with Crippen molar-refractivity contribution in [3.63, 3.8) is 0 Å². The number of nitrogens with zero attached hydrogens (tertiary/aromatic N) is 5. The van der Waals surface area contributed by atoms with Gasteiger partial charge in [0.15, 0.2) is 5.11 Å². The Labute approximate surface area is 358 Å². The van der Waals surface area contributed by atoms with E-state index in [1.165, 1.54) is 6.07 Å². The molecular formula is C42H48ClF3N8O5S. The second-order valence-corrected chi connectivity index (χ2v) is 16.1. The number of imide groups is 1. The first kappa shape index (κ1) is 45.8. The number of carbonyl (C=O) groups is 4. The zero-order chi connectivity index (χ0) is 42.8. The number of thiocarbonyl (C=S) groups is 1. The highest BCUT2D eigenvalue weighted by atomic mass is 35.5. The molecule has 60 heavy (non-hydrogen) atoms. The fourth-order valence-electron chi connectivity index (χ4n) is 7.61. The number of halogens is 4. The maximum Gasteiger partial charge on any atom is 0.417 e. The number of carbonyl (C=O) groups excluding carboxylic acids is 4. The summed E-state index contributed by atoms with van der Waals surface area (Å²) < 4.78 is 47.7. The Balaban J connectivity index is 0.00000683. The number of hydrogen-bond acceptors (Lipinski definition) is 10. The van der Waals surface area contributed by atoms with Gasteiger partial charge in [0.2, 0.25) is 17.7 Å². The first-order chi connectivity index (χ1) is 27.9. The van der Waals surface area contributed by atoms with Gasteiger partial charge in [0, 0.05) is 55.7 Å². The molecule has 3 aromatic rings. The molecule has 6 rings (SSSR count). The summed E-state index contributed by atoms with van der Waals surface area (Å²) in [6, 6.07) is 16.9. The molecule has 0 bridgehead atoms.